The Morgan fingerprint density at radius 2 is 1.86 bits per heavy atom. The molecule has 1 aromatic rings. The van der Waals surface area contributed by atoms with Gasteiger partial charge in [0.05, 0.1) is 0 Å². The number of amides is 1. The zero-order valence-electron chi connectivity index (χ0n) is 13.2. The van der Waals surface area contributed by atoms with Gasteiger partial charge >= 0.3 is 0 Å². The molecule has 0 saturated heterocycles. The molecule has 0 aliphatic carbocycles. The highest BCUT2D eigenvalue weighted by molar-refractivity contribution is 7.88. The van der Waals surface area contributed by atoms with Crippen molar-refractivity contribution in [2.45, 2.75) is 44.7 Å². The average Bonchev–Trinajstić information content (AvgIpc) is 2.86. The van der Waals surface area contributed by atoms with Crippen LogP contribution in [0.25, 0.3) is 0 Å². The summed E-state index contributed by atoms with van der Waals surface area (Å²) in [6, 6.07) is 2.68. The molecule has 21 heavy (non-hydrogen) atoms. The maximum atomic E-state index is 12.0. The molecule has 0 bridgehead atoms. The molecule has 1 heterocycles. The third-order valence-electron chi connectivity index (χ3n) is 3.09. The number of carbonyl (C=O) groups is 1. The van der Waals surface area contributed by atoms with Crippen LogP contribution in [0.5, 0.6) is 0 Å². The van der Waals surface area contributed by atoms with Crippen molar-refractivity contribution in [1.82, 2.24) is 9.62 Å². The van der Waals surface area contributed by atoms with Crippen molar-refractivity contribution < 1.29 is 17.6 Å². The van der Waals surface area contributed by atoms with Crippen molar-refractivity contribution in [1.29, 1.82) is 0 Å². The number of hydrogen-bond donors (Lipinski definition) is 1. The Balaban J connectivity index is 2.71. The average molecular weight is 316 g/mol. The second-order valence-electron chi connectivity index (χ2n) is 5.75. The van der Waals surface area contributed by atoms with Gasteiger partial charge in [-0.3, -0.25) is 4.79 Å². The van der Waals surface area contributed by atoms with Crippen molar-refractivity contribution in [3.8, 4) is 0 Å². The van der Waals surface area contributed by atoms with Crippen LogP contribution >= 0.6 is 0 Å². The van der Waals surface area contributed by atoms with E-state index in [1.54, 1.807) is 0 Å². The molecule has 6 nitrogen and oxygen atoms in total. The molecule has 1 atom stereocenters. The standard InChI is InChI=1S/C14H24N2O4S/c1-10(2)6-7-11(3)15-14(17)12-8-9-13(20-12)21(18,19)16(4)5/h8-11H,6-7H2,1-5H3,(H,15,17). The van der Waals surface area contributed by atoms with Crippen LogP contribution in [-0.4, -0.2) is 38.8 Å². The van der Waals surface area contributed by atoms with Gasteiger partial charge in [0.25, 0.3) is 15.9 Å². The first kappa shape index (κ1) is 17.7. The SMILES string of the molecule is CC(C)CCC(C)NC(=O)c1ccc(S(=O)(=O)N(C)C)o1. The van der Waals surface area contributed by atoms with Gasteiger partial charge in [0.15, 0.2) is 5.76 Å². The van der Waals surface area contributed by atoms with Crippen LogP contribution in [0.15, 0.2) is 21.6 Å². The van der Waals surface area contributed by atoms with E-state index in [1.807, 2.05) is 6.92 Å². The summed E-state index contributed by atoms with van der Waals surface area (Å²) in [5, 5.41) is 2.58. The zero-order valence-corrected chi connectivity index (χ0v) is 14.0. The number of nitrogens with zero attached hydrogens (tertiary/aromatic N) is 1. The number of hydrogen-bond acceptors (Lipinski definition) is 4. The van der Waals surface area contributed by atoms with Gasteiger partial charge in [0, 0.05) is 20.1 Å². The number of rotatable bonds is 7. The summed E-state index contributed by atoms with van der Waals surface area (Å²) in [7, 11) is -0.836. The van der Waals surface area contributed by atoms with Gasteiger partial charge < -0.3 is 9.73 Å². The van der Waals surface area contributed by atoms with Crippen molar-refractivity contribution in [3.63, 3.8) is 0 Å². The van der Waals surface area contributed by atoms with E-state index in [4.69, 9.17) is 4.42 Å². The third-order valence-corrected chi connectivity index (χ3v) is 4.78. The number of nitrogens with one attached hydrogen (secondary N) is 1. The molecule has 0 aromatic carbocycles. The lowest BCUT2D eigenvalue weighted by molar-refractivity contribution is 0.0903. The predicted molar refractivity (Wildman–Crippen MR) is 80.6 cm³/mol. The largest absolute Gasteiger partial charge is 0.438 e. The zero-order chi connectivity index (χ0) is 16.2. The van der Waals surface area contributed by atoms with Crippen molar-refractivity contribution >= 4 is 15.9 Å². The molecular formula is C14H24N2O4S. The van der Waals surface area contributed by atoms with Gasteiger partial charge in [0.2, 0.25) is 5.09 Å². The van der Waals surface area contributed by atoms with Gasteiger partial charge in [0.1, 0.15) is 0 Å². The molecule has 0 spiro atoms. The molecule has 0 aliphatic rings. The molecule has 0 radical (unpaired) electrons. The summed E-state index contributed by atoms with van der Waals surface area (Å²) in [6.45, 7) is 6.17. The maximum absolute atomic E-state index is 12.0. The third kappa shape index (κ3) is 4.86. The van der Waals surface area contributed by atoms with E-state index in [-0.39, 0.29) is 16.9 Å². The van der Waals surface area contributed by atoms with Crippen molar-refractivity contribution in [2.75, 3.05) is 14.1 Å². The normalized spacial score (nSPS) is 13.7. The summed E-state index contributed by atoms with van der Waals surface area (Å²) in [5.41, 5.74) is 0. The minimum atomic E-state index is -3.65. The van der Waals surface area contributed by atoms with Crippen LogP contribution in [0.3, 0.4) is 0 Å². The highest BCUT2D eigenvalue weighted by Crippen LogP contribution is 2.17. The highest BCUT2D eigenvalue weighted by atomic mass is 32.2. The smallest absolute Gasteiger partial charge is 0.287 e. The van der Waals surface area contributed by atoms with Gasteiger partial charge in [-0.2, -0.15) is 0 Å². The first-order chi connectivity index (χ1) is 9.64. The predicted octanol–water partition coefficient (Wildman–Crippen LogP) is 2.08. The fraction of sp³-hybridized carbons (Fsp3) is 0.643. The van der Waals surface area contributed by atoms with Crippen LogP contribution in [0.2, 0.25) is 0 Å². The fourth-order valence-corrected chi connectivity index (χ4v) is 2.51. The lowest BCUT2D eigenvalue weighted by Crippen LogP contribution is -2.32. The molecule has 0 aliphatic heterocycles. The molecule has 1 amide bonds. The lowest BCUT2D eigenvalue weighted by atomic mass is 10.0. The summed E-state index contributed by atoms with van der Waals surface area (Å²) < 4.78 is 29.9. The highest BCUT2D eigenvalue weighted by Gasteiger charge is 2.23. The van der Waals surface area contributed by atoms with Crippen LogP contribution in [0.1, 0.15) is 44.2 Å². The second kappa shape index (κ2) is 7.09. The Hall–Kier alpha value is -1.34. The summed E-state index contributed by atoms with van der Waals surface area (Å²) >= 11 is 0. The molecule has 1 rings (SSSR count). The molecular weight excluding hydrogens is 292 g/mol. The lowest BCUT2D eigenvalue weighted by Gasteiger charge is -2.14. The Morgan fingerprint density at radius 1 is 1.24 bits per heavy atom. The quantitative estimate of drug-likeness (QED) is 0.835. The van der Waals surface area contributed by atoms with E-state index in [0.29, 0.717) is 5.92 Å². The Morgan fingerprint density at radius 3 is 2.38 bits per heavy atom. The topological polar surface area (TPSA) is 79.6 Å². The van der Waals surface area contributed by atoms with Crippen LogP contribution in [0, 0.1) is 5.92 Å². The van der Waals surface area contributed by atoms with Crippen molar-refractivity contribution in [2.24, 2.45) is 5.92 Å². The minimum Gasteiger partial charge on any atom is -0.438 e. The molecule has 0 fully saturated rings. The van der Waals surface area contributed by atoms with Crippen LogP contribution in [-0.2, 0) is 10.0 Å². The minimum absolute atomic E-state index is 0.00632. The first-order valence-electron chi connectivity index (χ1n) is 6.97. The number of carbonyl (C=O) groups excluding carboxylic acids is 1. The van der Waals surface area contributed by atoms with Crippen LogP contribution < -0.4 is 5.32 Å². The maximum Gasteiger partial charge on any atom is 0.287 e. The van der Waals surface area contributed by atoms with E-state index in [0.717, 1.165) is 17.1 Å². The molecule has 1 unspecified atom stereocenters. The first-order valence-corrected chi connectivity index (χ1v) is 8.41. The van der Waals surface area contributed by atoms with Crippen molar-refractivity contribution in [3.05, 3.63) is 17.9 Å². The molecule has 1 aromatic heterocycles. The molecule has 120 valence electrons. The molecule has 7 heteroatoms. The van der Waals surface area contributed by atoms with E-state index in [1.165, 1.54) is 26.2 Å². The molecule has 1 N–H and O–H groups in total. The van der Waals surface area contributed by atoms with Crippen LogP contribution in [0.4, 0.5) is 0 Å². The summed E-state index contributed by atoms with van der Waals surface area (Å²) in [5.74, 6) is 0.183. The molecule has 0 saturated carbocycles. The second-order valence-corrected chi connectivity index (χ2v) is 7.83. The van der Waals surface area contributed by atoms with E-state index in [9.17, 15) is 13.2 Å². The van der Waals surface area contributed by atoms with Gasteiger partial charge in [-0.15, -0.1) is 0 Å². The number of furan rings is 1. The van der Waals surface area contributed by atoms with E-state index in [2.05, 4.69) is 19.2 Å². The Kier molecular flexibility index (Phi) is 5.98. The monoisotopic (exact) mass is 316 g/mol. The number of sulfonamides is 1. The summed E-state index contributed by atoms with van der Waals surface area (Å²) in [4.78, 5) is 12.0. The van der Waals surface area contributed by atoms with Gasteiger partial charge in [-0.1, -0.05) is 13.8 Å². The fourth-order valence-electron chi connectivity index (χ4n) is 1.71. The summed E-state index contributed by atoms with van der Waals surface area (Å²) in [6.07, 6.45) is 1.88. The van der Waals surface area contributed by atoms with Gasteiger partial charge in [-0.25, -0.2) is 12.7 Å². The van der Waals surface area contributed by atoms with Gasteiger partial charge in [-0.05, 0) is 37.8 Å². The Bertz CT molecular complexity index is 576. The van der Waals surface area contributed by atoms with E-state index >= 15 is 0 Å². The van der Waals surface area contributed by atoms with E-state index < -0.39 is 15.9 Å². The Labute approximate surface area is 126 Å².